The highest BCUT2D eigenvalue weighted by Gasteiger charge is 2.47. The standard InChI is InChI=1S/C45H53F4N5O2Si/c1-26(2)57(27(3)4,28(5)6)19-16-33-35(47)15-12-30-10-8-11-34(36(30)33)37-39(48)41-38(42(55-7)40(37)49)43(53-23-31-13-14-32(24-53)50-31)52-44(51-41)56-25-45-17-9-18-54(45)22-29(20-45)21-46/h8,10-12,15,21,26-28,31-32,50H,9,13-14,17-18,20,22-25H2,1-7H3/b29-21-/t31-,32+,45-/m0/s1. The third-order valence-electron chi connectivity index (χ3n) is 13.5. The first-order chi connectivity index (χ1) is 27.3. The molecule has 4 fully saturated rings. The number of aromatic nitrogens is 2. The zero-order chi connectivity index (χ0) is 40.4. The Labute approximate surface area is 334 Å². The average Bonchev–Trinajstić information content (AvgIpc) is 3.85. The maximum atomic E-state index is 17.7. The Kier molecular flexibility index (Phi) is 10.6. The Hall–Kier alpha value is -4.18. The summed E-state index contributed by atoms with van der Waals surface area (Å²) in [5.41, 5.74) is 4.54. The minimum atomic E-state index is -2.32. The molecular formula is C45H53F4N5O2Si. The summed E-state index contributed by atoms with van der Waals surface area (Å²) in [6, 6.07) is 8.46. The number of hydrogen-bond donors (Lipinski definition) is 1. The SMILES string of the molecule is COc1c(F)c(-c2cccc3ccc(F)c(C#C[Si](C(C)C)(C(C)C)C(C)C)c23)c(F)c2nc(OC[C@@]34CCCN3C/C(=C\F)C4)nc(N3C[C@H]4CC[C@@H](C3)N4)c12. The number of nitrogens with zero attached hydrogens (tertiary/aromatic N) is 4. The molecule has 0 aliphatic carbocycles. The molecule has 3 atom stereocenters. The van der Waals surface area contributed by atoms with Gasteiger partial charge in [-0.3, -0.25) is 4.90 Å². The van der Waals surface area contributed by atoms with Gasteiger partial charge in [-0.2, -0.15) is 9.97 Å². The molecule has 4 aliphatic rings. The molecule has 2 bridgehead atoms. The van der Waals surface area contributed by atoms with Crippen LogP contribution in [-0.2, 0) is 0 Å². The average molecular weight is 800 g/mol. The molecule has 12 heteroatoms. The molecule has 0 amide bonds. The predicted molar refractivity (Wildman–Crippen MR) is 222 cm³/mol. The van der Waals surface area contributed by atoms with Gasteiger partial charge in [0.05, 0.1) is 35.5 Å². The zero-order valence-electron chi connectivity index (χ0n) is 34.0. The highest BCUT2D eigenvalue weighted by Crippen LogP contribution is 2.47. The van der Waals surface area contributed by atoms with Crippen LogP contribution in [0, 0.1) is 28.9 Å². The van der Waals surface area contributed by atoms with E-state index in [1.54, 1.807) is 24.3 Å². The molecule has 4 aliphatic heterocycles. The van der Waals surface area contributed by atoms with Gasteiger partial charge in [-0.15, -0.1) is 5.54 Å². The quantitative estimate of drug-likeness (QED) is 0.103. The number of piperazine rings is 1. The fourth-order valence-electron chi connectivity index (χ4n) is 10.9. The van der Waals surface area contributed by atoms with E-state index in [-0.39, 0.29) is 58.0 Å². The number of ether oxygens (including phenoxy) is 2. The Morgan fingerprint density at radius 1 is 0.965 bits per heavy atom. The molecule has 3 aromatic carbocycles. The van der Waals surface area contributed by atoms with Gasteiger partial charge in [0.25, 0.3) is 0 Å². The second kappa shape index (κ2) is 15.2. The molecular weight excluding hydrogens is 747 g/mol. The second-order valence-corrected chi connectivity index (χ2v) is 23.2. The fourth-order valence-corrected chi connectivity index (χ4v) is 16.1. The van der Waals surface area contributed by atoms with Crippen LogP contribution in [0.2, 0.25) is 16.6 Å². The van der Waals surface area contributed by atoms with Crippen molar-refractivity contribution in [2.24, 2.45) is 0 Å². The molecule has 5 heterocycles. The van der Waals surface area contributed by atoms with Crippen LogP contribution in [0.4, 0.5) is 23.4 Å². The van der Waals surface area contributed by atoms with Gasteiger partial charge in [0.1, 0.15) is 31.8 Å². The Morgan fingerprint density at radius 3 is 2.35 bits per heavy atom. The monoisotopic (exact) mass is 799 g/mol. The highest BCUT2D eigenvalue weighted by molar-refractivity contribution is 6.90. The maximum absolute atomic E-state index is 17.7. The summed E-state index contributed by atoms with van der Waals surface area (Å²) >= 11 is 0. The van der Waals surface area contributed by atoms with Crippen molar-refractivity contribution in [1.82, 2.24) is 20.2 Å². The molecule has 4 aromatic rings. The van der Waals surface area contributed by atoms with Crippen molar-refractivity contribution in [3.8, 4) is 34.4 Å². The smallest absolute Gasteiger partial charge is 0.319 e. The molecule has 1 N–H and O–H groups in total. The summed E-state index contributed by atoms with van der Waals surface area (Å²) in [4.78, 5) is 13.8. The number of halogens is 4. The van der Waals surface area contributed by atoms with E-state index in [4.69, 9.17) is 14.5 Å². The van der Waals surface area contributed by atoms with Gasteiger partial charge in [-0.1, -0.05) is 71.7 Å². The summed E-state index contributed by atoms with van der Waals surface area (Å²) < 4.78 is 77.1. The normalized spacial score (nSPS) is 23.1. The molecule has 7 nitrogen and oxygen atoms in total. The Balaban J connectivity index is 1.34. The van der Waals surface area contributed by atoms with Crippen molar-refractivity contribution in [3.63, 3.8) is 0 Å². The first-order valence-corrected chi connectivity index (χ1v) is 22.7. The number of nitrogens with one attached hydrogen (secondary N) is 1. The molecule has 8 rings (SSSR count). The zero-order valence-corrected chi connectivity index (χ0v) is 35.0. The summed E-state index contributed by atoms with van der Waals surface area (Å²) in [5, 5.41) is 4.66. The lowest BCUT2D eigenvalue weighted by molar-refractivity contribution is 0.108. The molecule has 0 spiro atoms. The first kappa shape index (κ1) is 39.6. The van der Waals surface area contributed by atoms with Gasteiger partial charge in [0.15, 0.2) is 17.4 Å². The lowest BCUT2D eigenvalue weighted by Crippen LogP contribution is -2.51. The van der Waals surface area contributed by atoms with Crippen LogP contribution in [0.5, 0.6) is 11.8 Å². The minimum absolute atomic E-state index is 0.0475. The van der Waals surface area contributed by atoms with Crippen LogP contribution in [0.1, 0.15) is 79.2 Å². The number of rotatable bonds is 9. The Morgan fingerprint density at radius 2 is 1.68 bits per heavy atom. The van der Waals surface area contributed by atoms with Crippen molar-refractivity contribution in [1.29, 1.82) is 0 Å². The largest absolute Gasteiger partial charge is 0.493 e. The van der Waals surface area contributed by atoms with Gasteiger partial charge >= 0.3 is 6.01 Å². The number of fused-ring (bicyclic) bond motifs is 5. The van der Waals surface area contributed by atoms with E-state index in [1.165, 1.54) is 13.2 Å². The predicted octanol–water partition coefficient (Wildman–Crippen LogP) is 9.86. The van der Waals surface area contributed by atoms with E-state index in [2.05, 4.69) is 68.2 Å². The summed E-state index contributed by atoms with van der Waals surface area (Å²) in [5.74, 6) is 0.995. The van der Waals surface area contributed by atoms with Gasteiger partial charge in [0.2, 0.25) is 0 Å². The fraction of sp³-hybridized carbons (Fsp3) is 0.511. The minimum Gasteiger partial charge on any atom is -0.493 e. The van der Waals surface area contributed by atoms with Crippen molar-refractivity contribution in [2.75, 3.05) is 44.8 Å². The number of benzene rings is 3. The molecule has 0 saturated carbocycles. The first-order valence-electron chi connectivity index (χ1n) is 20.5. The maximum Gasteiger partial charge on any atom is 0.319 e. The van der Waals surface area contributed by atoms with Gasteiger partial charge in [-0.05, 0) is 77.9 Å². The van der Waals surface area contributed by atoms with Crippen LogP contribution in [0.3, 0.4) is 0 Å². The molecule has 0 unspecified atom stereocenters. The Bertz CT molecular complexity index is 2290. The third-order valence-corrected chi connectivity index (χ3v) is 19.8. The number of hydrogen-bond acceptors (Lipinski definition) is 7. The van der Waals surface area contributed by atoms with Crippen LogP contribution in [0.15, 0.2) is 42.2 Å². The van der Waals surface area contributed by atoms with Crippen LogP contribution in [0.25, 0.3) is 32.8 Å². The van der Waals surface area contributed by atoms with Crippen molar-refractivity contribution in [2.45, 2.75) is 108 Å². The lowest BCUT2D eigenvalue weighted by atomic mass is 9.92. The van der Waals surface area contributed by atoms with E-state index < -0.39 is 31.1 Å². The van der Waals surface area contributed by atoms with Crippen LogP contribution >= 0.6 is 0 Å². The molecule has 302 valence electrons. The van der Waals surface area contributed by atoms with E-state index in [1.807, 2.05) is 4.90 Å². The van der Waals surface area contributed by atoms with E-state index in [9.17, 15) is 4.39 Å². The van der Waals surface area contributed by atoms with Gasteiger partial charge in [0, 0.05) is 37.1 Å². The van der Waals surface area contributed by atoms with E-state index in [0.29, 0.717) is 71.2 Å². The molecule has 0 radical (unpaired) electrons. The van der Waals surface area contributed by atoms with E-state index in [0.717, 1.165) is 32.2 Å². The third kappa shape index (κ3) is 6.58. The molecule has 4 saturated heterocycles. The van der Waals surface area contributed by atoms with Crippen molar-refractivity contribution < 1.29 is 27.0 Å². The van der Waals surface area contributed by atoms with E-state index >= 15 is 13.2 Å². The second-order valence-electron chi connectivity index (χ2n) is 17.6. The van der Waals surface area contributed by atoms with Crippen molar-refractivity contribution in [3.05, 3.63) is 65.2 Å². The van der Waals surface area contributed by atoms with Gasteiger partial charge < -0.3 is 19.7 Å². The molecule has 1 aromatic heterocycles. The highest BCUT2D eigenvalue weighted by atomic mass is 28.3. The lowest BCUT2D eigenvalue weighted by Gasteiger charge is -2.38. The summed E-state index contributed by atoms with van der Waals surface area (Å²) in [6.07, 6.45) is 4.96. The van der Waals surface area contributed by atoms with Crippen molar-refractivity contribution >= 4 is 35.6 Å². The topological polar surface area (TPSA) is 62.8 Å². The number of methoxy groups -OCH3 is 1. The van der Waals surface area contributed by atoms with Gasteiger partial charge in [-0.25, -0.2) is 17.6 Å². The van der Waals surface area contributed by atoms with Crippen LogP contribution in [-0.4, -0.2) is 80.5 Å². The molecule has 57 heavy (non-hydrogen) atoms. The van der Waals surface area contributed by atoms with Crippen LogP contribution < -0.4 is 19.7 Å². The summed E-state index contributed by atoms with van der Waals surface area (Å²) in [7, 11) is -0.964. The summed E-state index contributed by atoms with van der Waals surface area (Å²) in [6.45, 7) is 15.8. The number of anilines is 1.